The fraction of sp³-hybridized carbons (Fsp3) is 0.206. The van der Waals surface area contributed by atoms with E-state index in [-0.39, 0.29) is 24.2 Å². The van der Waals surface area contributed by atoms with Crippen molar-refractivity contribution in [3.05, 3.63) is 124 Å². The van der Waals surface area contributed by atoms with E-state index in [1.807, 2.05) is 84.9 Å². The molecule has 4 aromatic carbocycles. The van der Waals surface area contributed by atoms with Gasteiger partial charge in [-0.15, -0.1) is 0 Å². The van der Waals surface area contributed by atoms with Crippen molar-refractivity contribution in [1.29, 1.82) is 0 Å². The highest BCUT2D eigenvalue weighted by Gasteiger charge is 2.30. The van der Waals surface area contributed by atoms with E-state index in [0.717, 1.165) is 57.6 Å². The highest BCUT2D eigenvalue weighted by molar-refractivity contribution is 5.99. The average Bonchev–Trinajstić information content (AvgIpc) is 3.46. The number of rotatable bonds is 6. The lowest BCUT2D eigenvalue weighted by Gasteiger charge is -2.17. The Balaban J connectivity index is 0.00000323. The molecule has 2 N–H and O–H groups in total. The molecule has 0 spiro atoms. The number of hydrogen-bond acceptors (Lipinski definition) is 2. The highest BCUT2D eigenvalue weighted by Crippen LogP contribution is 2.24. The zero-order chi connectivity index (χ0) is 26.9. The molecule has 0 unspecified atom stereocenters. The topological polar surface area (TPSA) is 62.1 Å². The molecule has 0 aliphatic carbocycles. The molecule has 2 amide bonds. The zero-order valence-electron chi connectivity index (χ0n) is 22.8. The molecule has 5 nitrogen and oxygen atoms in total. The summed E-state index contributed by atoms with van der Waals surface area (Å²) in [7, 11) is 0. The number of carbonyl (C=O) groups excluding carboxylic acids is 2. The Morgan fingerprint density at radius 3 is 1.75 bits per heavy atom. The lowest BCUT2D eigenvalue weighted by Crippen LogP contribution is -3.00. The summed E-state index contributed by atoms with van der Waals surface area (Å²) < 4.78 is 2.36. The molecule has 202 valence electrons. The Morgan fingerprint density at radius 2 is 1.20 bits per heavy atom. The van der Waals surface area contributed by atoms with Gasteiger partial charge < -0.3 is 23.0 Å². The molecule has 1 aliphatic heterocycles. The summed E-state index contributed by atoms with van der Waals surface area (Å²) in [4.78, 5) is 26.2. The van der Waals surface area contributed by atoms with E-state index < -0.39 is 0 Å². The molecule has 1 aliphatic rings. The molecule has 1 aromatic heterocycles. The third-order valence-electron chi connectivity index (χ3n) is 8.09. The van der Waals surface area contributed by atoms with E-state index in [4.69, 9.17) is 0 Å². The van der Waals surface area contributed by atoms with Crippen molar-refractivity contribution in [2.24, 2.45) is 0 Å². The lowest BCUT2D eigenvalue weighted by molar-refractivity contribution is -0.697. The molecule has 6 rings (SSSR count). The molecule has 0 saturated heterocycles. The number of amides is 2. The quantitative estimate of drug-likeness (QED) is 0.320. The van der Waals surface area contributed by atoms with Gasteiger partial charge in [0.05, 0.1) is 0 Å². The summed E-state index contributed by atoms with van der Waals surface area (Å²) in [6.07, 6.45) is 2.07. The average molecular weight is 550 g/mol. The molecule has 5 aromatic rings. The largest absolute Gasteiger partial charge is 1.00 e. The maximum absolute atomic E-state index is 13.1. The SMILES string of the molecule is Cc1c(CNC(=O)c2ccc3ccccc3c2)c(C)[n+]2c(c1CNC(=O)c1ccc3ccccc3c1)CCC2.[Cl-]. The normalized spacial score (nSPS) is 12.2. The van der Waals surface area contributed by atoms with E-state index in [0.29, 0.717) is 24.2 Å². The van der Waals surface area contributed by atoms with Gasteiger partial charge in [0.25, 0.3) is 11.8 Å². The fourth-order valence-electron chi connectivity index (χ4n) is 5.89. The van der Waals surface area contributed by atoms with Crippen LogP contribution in [0.5, 0.6) is 0 Å². The summed E-state index contributed by atoms with van der Waals surface area (Å²) in [5.74, 6) is -0.167. The van der Waals surface area contributed by atoms with Crippen molar-refractivity contribution in [1.82, 2.24) is 10.6 Å². The third kappa shape index (κ3) is 5.17. The van der Waals surface area contributed by atoms with Crippen LogP contribution in [0.25, 0.3) is 21.5 Å². The van der Waals surface area contributed by atoms with E-state index >= 15 is 0 Å². The number of carbonyl (C=O) groups is 2. The minimum Gasteiger partial charge on any atom is -1.00 e. The van der Waals surface area contributed by atoms with E-state index in [9.17, 15) is 9.59 Å². The van der Waals surface area contributed by atoms with Crippen LogP contribution < -0.4 is 27.6 Å². The molecular formula is C34H32ClN3O2. The van der Waals surface area contributed by atoms with Crippen LogP contribution in [0.2, 0.25) is 0 Å². The first-order valence-corrected chi connectivity index (χ1v) is 13.6. The minimum atomic E-state index is -0.0868. The van der Waals surface area contributed by atoms with Crippen molar-refractivity contribution >= 4 is 33.4 Å². The van der Waals surface area contributed by atoms with Crippen molar-refractivity contribution in [2.45, 2.75) is 46.3 Å². The number of nitrogens with zero attached hydrogens (tertiary/aromatic N) is 1. The Bertz CT molecular complexity index is 1760. The van der Waals surface area contributed by atoms with Crippen LogP contribution in [0.4, 0.5) is 0 Å². The summed E-state index contributed by atoms with van der Waals surface area (Å²) in [6.45, 7) is 6.10. The van der Waals surface area contributed by atoms with Crippen LogP contribution in [0, 0.1) is 13.8 Å². The van der Waals surface area contributed by atoms with Crippen LogP contribution >= 0.6 is 0 Å². The molecule has 0 bridgehead atoms. The van der Waals surface area contributed by atoms with E-state index in [1.165, 1.54) is 11.4 Å². The molecule has 0 saturated carbocycles. The zero-order valence-corrected chi connectivity index (χ0v) is 23.5. The van der Waals surface area contributed by atoms with Gasteiger partial charge in [-0.05, 0) is 58.3 Å². The summed E-state index contributed by atoms with van der Waals surface area (Å²) in [6, 6.07) is 27.7. The second kappa shape index (κ2) is 11.5. The molecule has 6 heteroatoms. The van der Waals surface area contributed by atoms with Gasteiger partial charge in [-0.25, -0.2) is 0 Å². The number of fused-ring (bicyclic) bond motifs is 3. The second-order valence-corrected chi connectivity index (χ2v) is 10.4. The number of benzene rings is 4. The highest BCUT2D eigenvalue weighted by atomic mass is 35.5. The Labute approximate surface area is 240 Å². The van der Waals surface area contributed by atoms with Gasteiger partial charge in [0.1, 0.15) is 6.54 Å². The molecule has 0 fully saturated rings. The maximum atomic E-state index is 13.1. The van der Waals surface area contributed by atoms with Crippen LogP contribution in [-0.2, 0) is 26.1 Å². The standard InChI is InChI=1S/C34H31N3O2.ClH/c1-22-30(20-35-33(38)28-15-13-24-8-3-5-10-26(24)18-28)23(2)37-17-7-12-32(37)31(22)21-36-34(39)29-16-14-25-9-4-6-11-27(25)19-29;/h3-6,8-11,13-16,18-19H,7,12,17,20-21H2,1-2H3,(H-,35,36,38,39);1H. The Morgan fingerprint density at radius 1 is 0.700 bits per heavy atom. The van der Waals surface area contributed by atoms with Crippen molar-refractivity contribution < 1.29 is 26.6 Å². The Kier molecular flexibility index (Phi) is 7.85. The fourth-order valence-corrected chi connectivity index (χ4v) is 5.89. The molecular weight excluding hydrogens is 518 g/mol. The van der Waals surface area contributed by atoms with Gasteiger partial charge in [-0.2, -0.15) is 4.57 Å². The third-order valence-corrected chi connectivity index (χ3v) is 8.09. The molecule has 40 heavy (non-hydrogen) atoms. The smallest absolute Gasteiger partial charge is 0.251 e. The van der Waals surface area contributed by atoms with Gasteiger partial charge in [0.15, 0.2) is 11.4 Å². The summed E-state index contributed by atoms with van der Waals surface area (Å²) in [5.41, 5.74) is 7.19. The summed E-state index contributed by atoms with van der Waals surface area (Å²) in [5, 5.41) is 10.7. The van der Waals surface area contributed by atoms with E-state index in [2.05, 4.69) is 29.0 Å². The number of pyridine rings is 1. The molecule has 0 atom stereocenters. The number of halogens is 1. The number of aromatic nitrogens is 1. The van der Waals surface area contributed by atoms with Gasteiger partial charge in [-0.3, -0.25) is 9.59 Å². The molecule has 0 radical (unpaired) electrons. The number of nitrogens with one attached hydrogen (secondary N) is 2. The van der Waals surface area contributed by atoms with Crippen molar-refractivity contribution in [3.8, 4) is 0 Å². The first-order chi connectivity index (χ1) is 19.0. The number of hydrogen-bond donors (Lipinski definition) is 2. The predicted molar refractivity (Wildman–Crippen MR) is 155 cm³/mol. The van der Waals surface area contributed by atoms with Crippen LogP contribution in [0.1, 0.15) is 55.2 Å². The summed E-state index contributed by atoms with van der Waals surface area (Å²) >= 11 is 0. The van der Waals surface area contributed by atoms with Crippen LogP contribution in [0.15, 0.2) is 84.9 Å². The van der Waals surface area contributed by atoms with Crippen molar-refractivity contribution in [2.75, 3.05) is 0 Å². The van der Waals surface area contributed by atoms with Gasteiger partial charge in [0.2, 0.25) is 0 Å². The first kappa shape index (κ1) is 27.4. The lowest BCUT2D eigenvalue weighted by atomic mass is 9.97. The molecule has 2 heterocycles. The first-order valence-electron chi connectivity index (χ1n) is 13.6. The van der Waals surface area contributed by atoms with Crippen LogP contribution in [-0.4, -0.2) is 11.8 Å². The monoisotopic (exact) mass is 549 g/mol. The minimum absolute atomic E-state index is 0. The van der Waals surface area contributed by atoms with Gasteiger partial charge in [0, 0.05) is 55.1 Å². The Hall–Kier alpha value is -4.22. The van der Waals surface area contributed by atoms with Crippen molar-refractivity contribution in [3.63, 3.8) is 0 Å². The predicted octanol–water partition coefficient (Wildman–Crippen LogP) is 2.71. The van der Waals surface area contributed by atoms with Gasteiger partial charge >= 0.3 is 0 Å². The van der Waals surface area contributed by atoms with E-state index in [1.54, 1.807) is 0 Å². The van der Waals surface area contributed by atoms with Crippen LogP contribution in [0.3, 0.4) is 0 Å². The maximum Gasteiger partial charge on any atom is 0.251 e. The van der Waals surface area contributed by atoms with Gasteiger partial charge in [-0.1, -0.05) is 60.7 Å². The second-order valence-electron chi connectivity index (χ2n) is 10.4.